The highest BCUT2D eigenvalue weighted by Gasteiger charge is 2.13. The second kappa shape index (κ2) is 7.36. The highest BCUT2D eigenvalue weighted by atomic mass is 79.9. The van der Waals surface area contributed by atoms with Gasteiger partial charge in [0.2, 0.25) is 0 Å². The molecule has 0 saturated carbocycles. The van der Waals surface area contributed by atoms with Gasteiger partial charge in [0.1, 0.15) is 0 Å². The van der Waals surface area contributed by atoms with Gasteiger partial charge in [0.15, 0.2) is 0 Å². The van der Waals surface area contributed by atoms with Gasteiger partial charge in [0, 0.05) is 22.5 Å². The molecule has 0 aliphatic heterocycles. The van der Waals surface area contributed by atoms with Crippen LogP contribution in [0, 0.1) is 0 Å². The third-order valence-electron chi connectivity index (χ3n) is 2.07. The molecular formula is C11H12Br2ClNO2. The van der Waals surface area contributed by atoms with E-state index in [0.717, 1.165) is 0 Å². The maximum absolute atomic E-state index is 11.9. The quantitative estimate of drug-likeness (QED) is 0.791. The van der Waals surface area contributed by atoms with Gasteiger partial charge < -0.3 is 10.1 Å². The normalized spacial score (nSPS) is 12.2. The van der Waals surface area contributed by atoms with Gasteiger partial charge in [-0.15, -0.1) is 0 Å². The van der Waals surface area contributed by atoms with Crippen molar-refractivity contribution in [3.05, 3.63) is 33.3 Å². The summed E-state index contributed by atoms with van der Waals surface area (Å²) in [7, 11) is 1.60. The summed E-state index contributed by atoms with van der Waals surface area (Å²) in [5.41, 5.74) is 0.559. The predicted molar refractivity (Wildman–Crippen MR) is 76.1 cm³/mol. The number of nitrogens with one attached hydrogen (secondary N) is 1. The van der Waals surface area contributed by atoms with Gasteiger partial charge in [-0.05, 0) is 34.1 Å². The van der Waals surface area contributed by atoms with Crippen molar-refractivity contribution in [2.24, 2.45) is 0 Å². The van der Waals surface area contributed by atoms with E-state index < -0.39 is 0 Å². The summed E-state index contributed by atoms with van der Waals surface area (Å²) in [5, 5.41) is 4.08. The first kappa shape index (κ1) is 15.0. The molecule has 0 radical (unpaired) electrons. The van der Waals surface area contributed by atoms with Crippen LogP contribution in [0.25, 0.3) is 0 Å². The molecule has 17 heavy (non-hydrogen) atoms. The third-order valence-corrected chi connectivity index (χ3v) is 4.07. The van der Waals surface area contributed by atoms with Gasteiger partial charge in [-0.25, -0.2) is 0 Å². The maximum Gasteiger partial charge on any atom is 0.251 e. The Morgan fingerprint density at radius 1 is 1.59 bits per heavy atom. The van der Waals surface area contributed by atoms with Crippen molar-refractivity contribution in [2.75, 3.05) is 19.0 Å². The van der Waals surface area contributed by atoms with Crippen LogP contribution in [0.15, 0.2) is 22.7 Å². The number of hydrogen-bond donors (Lipinski definition) is 1. The summed E-state index contributed by atoms with van der Waals surface area (Å²) >= 11 is 12.5. The standard InChI is InChI=1S/C11H12Br2ClNO2/c1-17-6-8(5-12)15-11(16)7-2-3-10(14)9(13)4-7/h2-4,8H,5-6H2,1H3,(H,15,16). The van der Waals surface area contributed by atoms with E-state index in [9.17, 15) is 4.79 Å². The number of amides is 1. The van der Waals surface area contributed by atoms with Crippen LogP contribution in [0.1, 0.15) is 10.4 Å². The number of carbonyl (C=O) groups excluding carboxylic acids is 1. The average molecular weight is 385 g/mol. The van der Waals surface area contributed by atoms with Crippen LogP contribution in [0.3, 0.4) is 0 Å². The van der Waals surface area contributed by atoms with Gasteiger partial charge >= 0.3 is 0 Å². The molecule has 0 saturated heterocycles. The Bertz CT molecular complexity index is 401. The van der Waals surface area contributed by atoms with Crippen molar-refractivity contribution in [2.45, 2.75) is 6.04 Å². The molecule has 0 aliphatic rings. The molecule has 1 aromatic carbocycles. The number of benzene rings is 1. The van der Waals surface area contributed by atoms with Crippen LogP contribution in [0.4, 0.5) is 0 Å². The van der Waals surface area contributed by atoms with Crippen molar-refractivity contribution in [3.63, 3.8) is 0 Å². The zero-order chi connectivity index (χ0) is 12.8. The molecule has 1 N–H and O–H groups in total. The zero-order valence-corrected chi connectivity index (χ0v) is 13.1. The summed E-state index contributed by atoms with van der Waals surface area (Å²) in [4.78, 5) is 11.9. The molecule has 0 bridgehead atoms. The lowest BCUT2D eigenvalue weighted by molar-refractivity contribution is 0.0908. The second-order valence-corrected chi connectivity index (χ2v) is 5.32. The summed E-state index contributed by atoms with van der Waals surface area (Å²) in [6.45, 7) is 0.464. The first-order valence-electron chi connectivity index (χ1n) is 4.89. The number of methoxy groups -OCH3 is 1. The van der Waals surface area contributed by atoms with Gasteiger partial charge in [0.25, 0.3) is 5.91 Å². The van der Waals surface area contributed by atoms with Crippen LogP contribution < -0.4 is 5.32 Å². The Balaban J connectivity index is 2.72. The third kappa shape index (κ3) is 4.58. The Kier molecular flexibility index (Phi) is 6.48. The zero-order valence-electron chi connectivity index (χ0n) is 9.17. The van der Waals surface area contributed by atoms with Crippen molar-refractivity contribution in [1.29, 1.82) is 0 Å². The minimum atomic E-state index is -0.149. The van der Waals surface area contributed by atoms with Gasteiger partial charge in [-0.3, -0.25) is 4.79 Å². The van der Waals surface area contributed by atoms with E-state index in [-0.39, 0.29) is 11.9 Å². The first-order valence-corrected chi connectivity index (χ1v) is 7.18. The highest BCUT2D eigenvalue weighted by Crippen LogP contribution is 2.23. The lowest BCUT2D eigenvalue weighted by Gasteiger charge is -2.15. The fraction of sp³-hybridized carbons (Fsp3) is 0.364. The molecule has 1 unspecified atom stereocenters. The van der Waals surface area contributed by atoms with Crippen molar-refractivity contribution in [1.82, 2.24) is 5.32 Å². The number of halogens is 3. The smallest absolute Gasteiger partial charge is 0.251 e. The first-order chi connectivity index (χ1) is 8.08. The van der Waals surface area contributed by atoms with E-state index in [1.807, 2.05) is 0 Å². The molecule has 0 aliphatic carbocycles. The fourth-order valence-corrected chi connectivity index (χ4v) is 2.08. The minimum absolute atomic E-state index is 0.0537. The van der Waals surface area contributed by atoms with E-state index in [0.29, 0.717) is 27.0 Å². The Hall–Kier alpha value is -0.100. The molecule has 3 nitrogen and oxygen atoms in total. The van der Waals surface area contributed by atoms with Gasteiger partial charge in [0.05, 0.1) is 17.7 Å². The lowest BCUT2D eigenvalue weighted by Crippen LogP contribution is -2.39. The predicted octanol–water partition coefficient (Wildman–Crippen LogP) is 3.24. The summed E-state index contributed by atoms with van der Waals surface area (Å²) in [6.07, 6.45) is 0. The van der Waals surface area contributed by atoms with Crippen molar-refractivity contribution in [3.8, 4) is 0 Å². The number of rotatable bonds is 5. The van der Waals surface area contributed by atoms with Crippen molar-refractivity contribution >= 4 is 49.4 Å². The van der Waals surface area contributed by atoms with Gasteiger partial charge in [-0.1, -0.05) is 27.5 Å². The van der Waals surface area contributed by atoms with E-state index in [1.165, 1.54) is 0 Å². The van der Waals surface area contributed by atoms with E-state index in [4.69, 9.17) is 16.3 Å². The van der Waals surface area contributed by atoms with Crippen LogP contribution >= 0.6 is 43.5 Å². The molecule has 0 aromatic heterocycles. The molecule has 1 aromatic rings. The number of carbonyl (C=O) groups is 1. The molecule has 0 fully saturated rings. The fourth-order valence-electron chi connectivity index (χ4n) is 1.23. The monoisotopic (exact) mass is 383 g/mol. The number of hydrogen-bond acceptors (Lipinski definition) is 2. The molecule has 1 atom stereocenters. The summed E-state index contributed by atoms with van der Waals surface area (Å²) in [5.74, 6) is -0.149. The van der Waals surface area contributed by atoms with Crippen LogP contribution in [0.5, 0.6) is 0 Å². The average Bonchev–Trinajstić information content (AvgIpc) is 2.31. The van der Waals surface area contributed by atoms with E-state index in [2.05, 4.69) is 37.2 Å². The molecular weight excluding hydrogens is 373 g/mol. The molecule has 1 amide bonds. The molecule has 94 valence electrons. The molecule has 0 heterocycles. The highest BCUT2D eigenvalue weighted by molar-refractivity contribution is 9.10. The minimum Gasteiger partial charge on any atom is -0.383 e. The number of alkyl halides is 1. The lowest BCUT2D eigenvalue weighted by atomic mass is 10.2. The van der Waals surface area contributed by atoms with Crippen LogP contribution in [0.2, 0.25) is 5.02 Å². The largest absolute Gasteiger partial charge is 0.383 e. The summed E-state index contributed by atoms with van der Waals surface area (Å²) < 4.78 is 5.70. The second-order valence-electron chi connectivity index (χ2n) is 3.41. The SMILES string of the molecule is COCC(CBr)NC(=O)c1ccc(Cl)c(Br)c1. The van der Waals surface area contributed by atoms with Crippen LogP contribution in [-0.2, 0) is 4.74 Å². The maximum atomic E-state index is 11.9. The van der Waals surface area contributed by atoms with E-state index >= 15 is 0 Å². The Morgan fingerprint density at radius 3 is 2.82 bits per heavy atom. The van der Waals surface area contributed by atoms with Crippen molar-refractivity contribution < 1.29 is 9.53 Å². The molecule has 1 rings (SSSR count). The van der Waals surface area contributed by atoms with Crippen LogP contribution in [-0.4, -0.2) is 31.0 Å². The van der Waals surface area contributed by atoms with Gasteiger partial charge in [-0.2, -0.15) is 0 Å². The number of ether oxygens (including phenoxy) is 1. The Labute approximate surface area is 122 Å². The molecule has 0 spiro atoms. The Morgan fingerprint density at radius 2 is 2.29 bits per heavy atom. The molecule has 6 heteroatoms. The summed E-state index contributed by atoms with van der Waals surface area (Å²) in [6, 6.07) is 5.00. The van der Waals surface area contributed by atoms with E-state index in [1.54, 1.807) is 25.3 Å². The topological polar surface area (TPSA) is 38.3 Å².